The van der Waals surface area contributed by atoms with Crippen LogP contribution in [0.2, 0.25) is 0 Å². The number of likely N-dealkylation sites (tertiary alicyclic amines) is 1. The van der Waals surface area contributed by atoms with Gasteiger partial charge >= 0.3 is 0 Å². The highest BCUT2D eigenvalue weighted by Gasteiger charge is 2.25. The van der Waals surface area contributed by atoms with Crippen molar-refractivity contribution in [1.29, 1.82) is 0 Å². The van der Waals surface area contributed by atoms with Gasteiger partial charge in [-0.3, -0.25) is 9.69 Å². The number of nitrogens with zero attached hydrogens (tertiary/aromatic N) is 2. The molecule has 2 heterocycles. The van der Waals surface area contributed by atoms with Crippen LogP contribution in [-0.4, -0.2) is 42.9 Å². The minimum Gasteiger partial charge on any atom is -0.357 e. The van der Waals surface area contributed by atoms with Gasteiger partial charge in [0.25, 0.3) is 0 Å². The van der Waals surface area contributed by atoms with E-state index >= 15 is 0 Å². The van der Waals surface area contributed by atoms with E-state index in [0.717, 1.165) is 49.3 Å². The van der Waals surface area contributed by atoms with E-state index in [0.29, 0.717) is 12.6 Å². The number of anilines is 1. The van der Waals surface area contributed by atoms with Crippen LogP contribution >= 0.6 is 11.3 Å². The number of carbonyl (C=O) groups excluding carboxylic acids is 1. The predicted octanol–water partition coefficient (Wildman–Crippen LogP) is 4.23. The molecular formula is C24H35N5OS. The Balaban J connectivity index is 1.65. The monoisotopic (exact) mass is 441 g/mol. The number of hydrogen-bond donors (Lipinski definition) is 3. The maximum absolute atomic E-state index is 11.3. The van der Waals surface area contributed by atoms with E-state index < -0.39 is 0 Å². The molecule has 3 N–H and O–H groups in total. The van der Waals surface area contributed by atoms with Crippen molar-refractivity contribution >= 4 is 28.9 Å². The highest BCUT2D eigenvalue weighted by Crippen LogP contribution is 2.29. The van der Waals surface area contributed by atoms with Crippen LogP contribution in [0, 0.1) is 5.92 Å². The average molecular weight is 442 g/mol. The molecule has 1 aromatic heterocycles. The lowest BCUT2D eigenvalue weighted by Gasteiger charge is -2.36. The molecule has 1 saturated heterocycles. The van der Waals surface area contributed by atoms with Crippen molar-refractivity contribution < 1.29 is 4.79 Å². The number of guanidine groups is 1. The van der Waals surface area contributed by atoms with Crippen LogP contribution in [0.3, 0.4) is 0 Å². The third kappa shape index (κ3) is 7.36. The van der Waals surface area contributed by atoms with E-state index in [4.69, 9.17) is 4.99 Å². The Morgan fingerprint density at radius 3 is 2.71 bits per heavy atom. The lowest BCUT2D eigenvalue weighted by atomic mass is 9.97. The van der Waals surface area contributed by atoms with Crippen molar-refractivity contribution in [2.24, 2.45) is 10.9 Å². The number of benzene rings is 1. The van der Waals surface area contributed by atoms with Crippen molar-refractivity contribution in [1.82, 2.24) is 15.5 Å². The molecule has 1 aromatic carbocycles. The summed E-state index contributed by atoms with van der Waals surface area (Å²) in [4.78, 5) is 20.1. The number of nitrogens with one attached hydrogen (secondary N) is 3. The number of carbonyl (C=O) groups is 1. The van der Waals surface area contributed by atoms with Gasteiger partial charge < -0.3 is 16.0 Å². The Morgan fingerprint density at radius 1 is 1.23 bits per heavy atom. The van der Waals surface area contributed by atoms with E-state index in [2.05, 4.69) is 52.2 Å². The molecule has 7 heteroatoms. The van der Waals surface area contributed by atoms with Gasteiger partial charge in [0.1, 0.15) is 0 Å². The van der Waals surface area contributed by atoms with Crippen LogP contribution in [0.5, 0.6) is 0 Å². The molecule has 0 bridgehead atoms. The van der Waals surface area contributed by atoms with E-state index in [9.17, 15) is 4.79 Å². The van der Waals surface area contributed by atoms with Crippen molar-refractivity contribution in [3.8, 4) is 0 Å². The SMILES string of the molecule is CCNC(=NCc1cccc(NC(C)=O)c1)NCC(c1cccs1)N1CCC(C)CC1. The van der Waals surface area contributed by atoms with Gasteiger partial charge in [0, 0.05) is 30.6 Å². The Kier molecular flexibility index (Phi) is 8.91. The van der Waals surface area contributed by atoms with Gasteiger partial charge in [0.15, 0.2) is 5.96 Å². The zero-order chi connectivity index (χ0) is 22.1. The summed E-state index contributed by atoms with van der Waals surface area (Å²) in [6.07, 6.45) is 2.53. The zero-order valence-electron chi connectivity index (χ0n) is 18.9. The van der Waals surface area contributed by atoms with Gasteiger partial charge in [0.2, 0.25) is 5.91 Å². The first-order valence-corrected chi connectivity index (χ1v) is 12.1. The molecule has 6 nitrogen and oxygen atoms in total. The molecule has 0 saturated carbocycles. The van der Waals surface area contributed by atoms with Crippen molar-refractivity contribution in [2.45, 2.75) is 46.2 Å². The third-order valence-corrected chi connectivity index (χ3v) is 6.58. The number of aliphatic imine (C=N–C) groups is 1. The first-order chi connectivity index (χ1) is 15.0. The molecule has 1 atom stereocenters. The van der Waals surface area contributed by atoms with Gasteiger partial charge in [0.05, 0.1) is 12.6 Å². The Labute approximate surface area is 190 Å². The highest BCUT2D eigenvalue weighted by atomic mass is 32.1. The second-order valence-corrected chi connectivity index (χ2v) is 9.19. The third-order valence-electron chi connectivity index (χ3n) is 5.60. The maximum Gasteiger partial charge on any atom is 0.221 e. The first kappa shape index (κ1) is 23.3. The minimum atomic E-state index is -0.0672. The molecule has 31 heavy (non-hydrogen) atoms. The minimum absolute atomic E-state index is 0.0672. The van der Waals surface area contributed by atoms with Crippen LogP contribution in [0.25, 0.3) is 0 Å². The Bertz CT molecular complexity index is 843. The lowest BCUT2D eigenvalue weighted by Crippen LogP contribution is -2.45. The fourth-order valence-corrected chi connectivity index (χ4v) is 4.75. The van der Waals surface area contributed by atoms with Gasteiger partial charge in [-0.05, 0) is 67.9 Å². The fraction of sp³-hybridized carbons (Fsp3) is 0.500. The van der Waals surface area contributed by atoms with E-state index in [-0.39, 0.29) is 5.91 Å². The number of hydrogen-bond acceptors (Lipinski definition) is 4. The molecule has 168 valence electrons. The molecule has 1 fully saturated rings. The molecule has 1 unspecified atom stereocenters. The second kappa shape index (κ2) is 11.9. The van der Waals surface area contributed by atoms with Crippen LogP contribution < -0.4 is 16.0 Å². The van der Waals surface area contributed by atoms with E-state index in [1.165, 1.54) is 24.6 Å². The Hall–Kier alpha value is -2.38. The standard InChI is InChI=1S/C24H35N5OS/c1-4-25-24(26-16-20-7-5-8-21(15-20)28-19(3)30)27-17-22(23-9-6-14-31-23)29-12-10-18(2)11-13-29/h5-9,14-15,18,22H,4,10-13,16-17H2,1-3H3,(H,28,30)(H2,25,26,27). The number of piperidine rings is 1. The number of thiophene rings is 1. The topological polar surface area (TPSA) is 68.8 Å². The summed E-state index contributed by atoms with van der Waals surface area (Å²) >= 11 is 1.83. The van der Waals surface area contributed by atoms with Crippen LogP contribution in [0.4, 0.5) is 5.69 Å². The summed E-state index contributed by atoms with van der Waals surface area (Å²) in [5.41, 5.74) is 1.86. The summed E-state index contributed by atoms with van der Waals surface area (Å²) in [5, 5.41) is 11.9. The molecule has 2 aromatic rings. The van der Waals surface area contributed by atoms with Gasteiger partial charge in [-0.25, -0.2) is 4.99 Å². The first-order valence-electron chi connectivity index (χ1n) is 11.2. The Morgan fingerprint density at radius 2 is 2.03 bits per heavy atom. The van der Waals surface area contributed by atoms with Gasteiger partial charge in [-0.2, -0.15) is 0 Å². The highest BCUT2D eigenvalue weighted by molar-refractivity contribution is 7.10. The summed E-state index contributed by atoms with van der Waals surface area (Å²) in [6.45, 7) is 10.4. The lowest BCUT2D eigenvalue weighted by molar-refractivity contribution is -0.114. The average Bonchev–Trinajstić information content (AvgIpc) is 3.27. The quantitative estimate of drug-likeness (QED) is 0.423. The van der Waals surface area contributed by atoms with Gasteiger partial charge in [-0.1, -0.05) is 25.1 Å². The summed E-state index contributed by atoms with van der Waals surface area (Å²) in [7, 11) is 0. The molecule has 0 radical (unpaired) electrons. The van der Waals surface area contributed by atoms with Crippen LogP contribution in [-0.2, 0) is 11.3 Å². The summed E-state index contributed by atoms with van der Waals surface area (Å²) in [5.74, 6) is 1.57. The fourth-order valence-electron chi connectivity index (χ4n) is 3.89. The summed E-state index contributed by atoms with van der Waals surface area (Å²) in [6, 6.07) is 12.6. The van der Waals surface area contributed by atoms with Crippen molar-refractivity contribution in [2.75, 3.05) is 31.5 Å². The molecule has 0 spiro atoms. The molecule has 1 amide bonds. The normalized spacial score (nSPS) is 16.7. The second-order valence-electron chi connectivity index (χ2n) is 8.21. The number of amides is 1. The smallest absolute Gasteiger partial charge is 0.221 e. The van der Waals surface area contributed by atoms with Crippen LogP contribution in [0.15, 0.2) is 46.8 Å². The maximum atomic E-state index is 11.3. The largest absolute Gasteiger partial charge is 0.357 e. The molecule has 3 rings (SSSR count). The van der Waals surface area contributed by atoms with Crippen molar-refractivity contribution in [3.05, 3.63) is 52.2 Å². The number of rotatable bonds is 8. The molecular weight excluding hydrogens is 406 g/mol. The summed E-state index contributed by atoms with van der Waals surface area (Å²) < 4.78 is 0. The van der Waals surface area contributed by atoms with E-state index in [1.54, 1.807) is 0 Å². The van der Waals surface area contributed by atoms with Crippen LogP contribution in [0.1, 0.15) is 50.1 Å². The van der Waals surface area contributed by atoms with Crippen molar-refractivity contribution in [3.63, 3.8) is 0 Å². The predicted molar refractivity (Wildman–Crippen MR) is 131 cm³/mol. The molecule has 1 aliphatic rings. The molecule has 1 aliphatic heterocycles. The molecule has 0 aliphatic carbocycles. The van der Waals surface area contributed by atoms with E-state index in [1.807, 2.05) is 35.6 Å². The zero-order valence-corrected chi connectivity index (χ0v) is 19.7. The van der Waals surface area contributed by atoms with Gasteiger partial charge in [-0.15, -0.1) is 11.3 Å².